The molecule has 0 aliphatic rings. The third-order valence-corrected chi connectivity index (χ3v) is 4.31. The standard InChI is InChI=1S/C16H15Cl2N5O2/c1-7(2)5-11-20-12(14(19)24)13-15(21-11)23(16(25)22-13)8-3-4-9(17)10(18)6-8/h3-4,6-7H,5H2,1-2H3,(H2,19,24)(H,22,25). The molecule has 3 aromatic rings. The van der Waals surface area contributed by atoms with Gasteiger partial charge in [0.15, 0.2) is 11.3 Å². The summed E-state index contributed by atoms with van der Waals surface area (Å²) in [5, 5.41) is 0.665. The highest BCUT2D eigenvalue weighted by Gasteiger charge is 2.20. The molecule has 0 radical (unpaired) electrons. The smallest absolute Gasteiger partial charge is 0.332 e. The molecule has 0 saturated heterocycles. The van der Waals surface area contributed by atoms with Gasteiger partial charge < -0.3 is 10.7 Å². The predicted octanol–water partition coefficient (Wildman–Crippen LogP) is 2.71. The fourth-order valence-corrected chi connectivity index (χ4v) is 2.82. The van der Waals surface area contributed by atoms with E-state index >= 15 is 0 Å². The van der Waals surface area contributed by atoms with E-state index in [9.17, 15) is 9.59 Å². The highest BCUT2D eigenvalue weighted by atomic mass is 35.5. The SMILES string of the molecule is CC(C)Cc1nc(C(N)=O)c2[nH]c(=O)n(-c3ccc(Cl)c(Cl)c3)c2n1. The van der Waals surface area contributed by atoms with E-state index in [-0.39, 0.29) is 22.8 Å². The first-order valence-electron chi connectivity index (χ1n) is 7.54. The molecule has 3 N–H and O–H groups in total. The Morgan fingerprint density at radius 2 is 2.00 bits per heavy atom. The number of imidazole rings is 1. The fraction of sp³-hybridized carbons (Fsp3) is 0.250. The molecule has 1 aromatic carbocycles. The van der Waals surface area contributed by atoms with Crippen molar-refractivity contribution in [3.8, 4) is 5.69 Å². The zero-order valence-electron chi connectivity index (χ0n) is 13.5. The van der Waals surface area contributed by atoms with Gasteiger partial charge in [-0.15, -0.1) is 0 Å². The number of amides is 1. The first-order chi connectivity index (χ1) is 11.8. The molecule has 9 heteroatoms. The number of halogens is 2. The van der Waals surface area contributed by atoms with Gasteiger partial charge in [-0.1, -0.05) is 37.0 Å². The summed E-state index contributed by atoms with van der Waals surface area (Å²) in [5.41, 5.74) is 5.85. The fourth-order valence-electron chi connectivity index (χ4n) is 2.53. The zero-order valence-corrected chi connectivity index (χ0v) is 15.0. The monoisotopic (exact) mass is 379 g/mol. The quantitative estimate of drug-likeness (QED) is 0.726. The molecular weight excluding hydrogens is 365 g/mol. The summed E-state index contributed by atoms with van der Waals surface area (Å²) in [6.45, 7) is 4.00. The maximum atomic E-state index is 12.5. The van der Waals surface area contributed by atoms with E-state index in [0.717, 1.165) is 0 Å². The minimum Gasteiger partial charge on any atom is -0.364 e. The summed E-state index contributed by atoms with van der Waals surface area (Å²) < 4.78 is 1.31. The van der Waals surface area contributed by atoms with Crippen molar-refractivity contribution in [1.82, 2.24) is 19.5 Å². The van der Waals surface area contributed by atoms with Crippen LogP contribution in [0.3, 0.4) is 0 Å². The molecule has 0 spiro atoms. The average Bonchev–Trinajstić information content (AvgIpc) is 2.84. The highest BCUT2D eigenvalue weighted by Crippen LogP contribution is 2.25. The van der Waals surface area contributed by atoms with Crippen LogP contribution in [0.2, 0.25) is 10.0 Å². The number of aromatic amines is 1. The summed E-state index contributed by atoms with van der Waals surface area (Å²) in [7, 11) is 0. The van der Waals surface area contributed by atoms with E-state index in [1.54, 1.807) is 18.2 Å². The van der Waals surface area contributed by atoms with Crippen LogP contribution in [0.1, 0.15) is 30.2 Å². The van der Waals surface area contributed by atoms with Crippen molar-refractivity contribution < 1.29 is 4.79 Å². The van der Waals surface area contributed by atoms with Crippen molar-refractivity contribution in [1.29, 1.82) is 0 Å². The van der Waals surface area contributed by atoms with Gasteiger partial charge in [-0.25, -0.2) is 19.3 Å². The van der Waals surface area contributed by atoms with Crippen LogP contribution in [-0.4, -0.2) is 25.4 Å². The van der Waals surface area contributed by atoms with Crippen molar-refractivity contribution in [2.75, 3.05) is 0 Å². The van der Waals surface area contributed by atoms with Crippen molar-refractivity contribution in [3.63, 3.8) is 0 Å². The second-order valence-electron chi connectivity index (χ2n) is 6.01. The first kappa shape index (κ1) is 17.4. The lowest BCUT2D eigenvalue weighted by Gasteiger charge is -2.08. The average molecular weight is 380 g/mol. The molecule has 2 heterocycles. The Hall–Kier alpha value is -2.38. The molecule has 1 amide bonds. The van der Waals surface area contributed by atoms with Crippen LogP contribution in [0.5, 0.6) is 0 Å². The van der Waals surface area contributed by atoms with Gasteiger partial charge in [-0.2, -0.15) is 0 Å². The minimum atomic E-state index is -0.736. The van der Waals surface area contributed by atoms with Crippen LogP contribution in [0, 0.1) is 5.92 Å². The number of fused-ring (bicyclic) bond motifs is 1. The number of nitrogens with two attached hydrogens (primary N) is 1. The van der Waals surface area contributed by atoms with Gasteiger partial charge in [0.2, 0.25) is 0 Å². The molecule has 0 saturated carbocycles. The normalized spacial score (nSPS) is 11.4. The number of rotatable bonds is 4. The van der Waals surface area contributed by atoms with Gasteiger partial charge in [-0.3, -0.25) is 4.79 Å². The highest BCUT2D eigenvalue weighted by molar-refractivity contribution is 6.42. The number of carbonyl (C=O) groups is 1. The number of nitrogens with zero attached hydrogens (tertiary/aromatic N) is 3. The molecule has 0 unspecified atom stereocenters. The number of hydrogen-bond donors (Lipinski definition) is 2. The van der Waals surface area contributed by atoms with Crippen LogP contribution in [-0.2, 0) is 6.42 Å². The summed E-state index contributed by atoms with van der Waals surface area (Å²) in [6, 6.07) is 4.76. The van der Waals surface area contributed by atoms with Gasteiger partial charge in [0.25, 0.3) is 5.91 Å². The van der Waals surface area contributed by atoms with Crippen LogP contribution in [0.25, 0.3) is 16.9 Å². The molecule has 0 aliphatic heterocycles. The number of aromatic nitrogens is 4. The van der Waals surface area contributed by atoms with E-state index in [4.69, 9.17) is 28.9 Å². The number of primary amides is 1. The molecule has 0 atom stereocenters. The molecular formula is C16H15Cl2N5O2. The second-order valence-corrected chi connectivity index (χ2v) is 6.83. The van der Waals surface area contributed by atoms with E-state index < -0.39 is 11.6 Å². The Morgan fingerprint density at radius 3 is 2.60 bits per heavy atom. The molecule has 7 nitrogen and oxygen atoms in total. The maximum absolute atomic E-state index is 12.5. The Balaban J connectivity index is 2.33. The number of benzene rings is 1. The number of carbonyl (C=O) groups excluding carboxylic acids is 1. The largest absolute Gasteiger partial charge is 0.364 e. The van der Waals surface area contributed by atoms with E-state index in [1.807, 2.05) is 13.8 Å². The molecule has 25 heavy (non-hydrogen) atoms. The minimum absolute atomic E-state index is 0.0171. The summed E-state index contributed by atoms with van der Waals surface area (Å²) in [5.74, 6) is -0.0358. The molecule has 0 aliphatic carbocycles. The van der Waals surface area contributed by atoms with Crippen molar-refractivity contribution >= 4 is 40.3 Å². The van der Waals surface area contributed by atoms with Gasteiger partial charge in [0.1, 0.15) is 11.3 Å². The number of nitrogens with one attached hydrogen (secondary N) is 1. The lowest BCUT2D eigenvalue weighted by atomic mass is 10.1. The number of H-pyrrole nitrogens is 1. The Bertz CT molecular complexity index is 1040. The van der Waals surface area contributed by atoms with Gasteiger partial charge in [0.05, 0.1) is 15.7 Å². The van der Waals surface area contributed by atoms with Crippen LogP contribution < -0.4 is 11.4 Å². The van der Waals surface area contributed by atoms with Crippen LogP contribution >= 0.6 is 23.2 Å². The van der Waals surface area contributed by atoms with E-state index in [2.05, 4.69) is 15.0 Å². The van der Waals surface area contributed by atoms with E-state index in [0.29, 0.717) is 28.0 Å². The predicted molar refractivity (Wildman–Crippen MR) is 96.6 cm³/mol. The molecule has 2 aromatic heterocycles. The maximum Gasteiger partial charge on any atom is 0.332 e. The third-order valence-electron chi connectivity index (χ3n) is 3.57. The van der Waals surface area contributed by atoms with Crippen molar-refractivity contribution in [3.05, 3.63) is 50.2 Å². The van der Waals surface area contributed by atoms with E-state index in [1.165, 1.54) is 4.57 Å². The van der Waals surface area contributed by atoms with Crippen LogP contribution in [0.15, 0.2) is 23.0 Å². The number of hydrogen-bond acceptors (Lipinski definition) is 4. The zero-order chi connectivity index (χ0) is 18.3. The van der Waals surface area contributed by atoms with Crippen molar-refractivity contribution in [2.24, 2.45) is 11.7 Å². The lowest BCUT2D eigenvalue weighted by molar-refractivity contribution is 0.0996. The molecule has 0 fully saturated rings. The first-order valence-corrected chi connectivity index (χ1v) is 8.30. The lowest BCUT2D eigenvalue weighted by Crippen LogP contribution is -2.17. The Labute approximate surface area is 152 Å². The summed E-state index contributed by atoms with van der Waals surface area (Å²) in [6.07, 6.45) is 0.539. The Morgan fingerprint density at radius 1 is 1.28 bits per heavy atom. The summed E-state index contributed by atoms with van der Waals surface area (Å²) in [4.78, 5) is 35.5. The van der Waals surface area contributed by atoms with Gasteiger partial charge in [0, 0.05) is 6.42 Å². The van der Waals surface area contributed by atoms with Gasteiger partial charge >= 0.3 is 5.69 Å². The van der Waals surface area contributed by atoms with Crippen molar-refractivity contribution in [2.45, 2.75) is 20.3 Å². The summed E-state index contributed by atoms with van der Waals surface area (Å²) >= 11 is 12.0. The molecule has 3 rings (SSSR count). The van der Waals surface area contributed by atoms with Gasteiger partial charge in [-0.05, 0) is 24.1 Å². The molecule has 0 bridgehead atoms. The third kappa shape index (κ3) is 3.25. The second kappa shape index (κ2) is 6.50. The van der Waals surface area contributed by atoms with Crippen LogP contribution in [0.4, 0.5) is 0 Å². The Kier molecular flexibility index (Phi) is 4.53. The topological polar surface area (TPSA) is 107 Å². The molecule has 130 valence electrons.